The molecule has 1 N–H and O–H groups in total. The van der Waals surface area contributed by atoms with Crippen LogP contribution in [0.1, 0.15) is 118 Å². The van der Waals surface area contributed by atoms with Crippen molar-refractivity contribution in [3.8, 4) is 17.2 Å². The van der Waals surface area contributed by atoms with E-state index in [1.54, 1.807) is 24.1 Å². The molecule has 0 spiro atoms. The minimum absolute atomic E-state index is 0.0204. The van der Waals surface area contributed by atoms with Crippen LogP contribution >= 0.6 is 21.6 Å². The minimum Gasteiger partial charge on any atom is -0.493 e. The molecule has 82 heavy (non-hydrogen) atoms. The highest BCUT2D eigenvalue weighted by Gasteiger charge is 2.40. The molecule has 5 aromatic carbocycles. The zero-order chi connectivity index (χ0) is 58.0. The van der Waals surface area contributed by atoms with E-state index in [-0.39, 0.29) is 65.3 Å². The van der Waals surface area contributed by atoms with Gasteiger partial charge in [0.05, 0.1) is 24.4 Å². The average molecular weight is 1170 g/mol. The number of hydrogen-bond acceptors (Lipinski definition) is 15. The third-order valence-corrected chi connectivity index (χ3v) is 20.0. The molecule has 17 nitrogen and oxygen atoms in total. The van der Waals surface area contributed by atoms with Crippen LogP contribution in [0.5, 0.6) is 17.2 Å². The van der Waals surface area contributed by atoms with Crippen molar-refractivity contribution in [1.29, 1.82) is 0 Å². The lowest BCUT2D eigenvalue weighted by Gasteiger charge is -2.28. The van der Waals surface area contributed by atoms with Crippen molar-refractivity contribution in [2.24, 2.45) is 4.99 Å². The lowest BCUT2D eigenvalue weighted by molar-refractivity contribution is -0.197. The Morgan fingerprint density at radius 3 is 2.12 bits per heavy atom. The minimum atomic E-state index is -4.86. The molecule has 20 heteroatoms. The van der Waals surface area contributed by atoms with Crippen LogP contribution in [0.2, 0.25) is 0 Å². The van der Waals surface area contributed by atoms with Gasteiger partial charge in [-0.25, -0.2) is 4.79 Å². The fourth-order valence-electron chi connectivity index (χ4n) is 10.6. The summed E-state index contributed by atoms with van der Waals surface area (Å²) in [5, 5.41) is -1.67. The summed E-state index contributed by atoms with van der Waals surface area (Å²) in [6, 6.07) is 32.0. The Labute approximate surface area is 485 Å². The van der Waals surface area contributed by atoms with E-state index in [9.17, 15) is 36.9 Å². The second kappa shape index (κ2) is 24.2. The van der Waals surface area contributed by atoms with Crippen LogP contribution in [0.3, 0.4) is 0 Å². The van der Waals surface area contributed by atoms with Crippen LogP contribution in [0, 0.1) is 13.8 Å². The van der Waals surface area contributed by atoms with Crippen LogP contribution in [0.25, 0.3) is 11.1 Å². The molecule has 428 valence electrons. The lowest BCUT2D eigenvalue weighted by Crippen LogP contribution is -2.39. The second-order valence-electron chi connectivity index (χ2n) is 21.9. The van der Waals surface area contributed by atoms with E-state index in [4.69, 9.17) is 24.0 Å². The first kappa shape index (κ1) is 57.8. The largest absolute Gasteiger partial charge is 0.493 e. The van der Waals surface area contributed by atoms with Gasteiger partial charge in [-0.3, -0.25) is 28.7 Å². The zero-order valence-corrected chi connectivity index (χ0v) is 49.0. The van der Waals surface area contributed by atoms with Crippen molar-refractivity contribution >= 4 is 90.0 Å². The number of ether oxygens (including phenoxy) is 3. The number of hydrogen-bond donors (Lipinski definition) is 1. The molecular formula is C62H65N5O12S3. The maximum absolute atomic E-state index is 14.2. The van der Waals surface area contributed by atoms with Crippen molar-refractivity contribution in [2.75, 3.05) is 31.4 Å². The van der Waals surface area contributed by atoms with E-state index in [1.807, 2.05) is 73.9 Å². The highest BCUT2D eigenvalue weighted by molar-refractivity contribution is 8.77. The number of methoxy groups -OCH3 is 1. The van der Waals surface area contributed by atoms with Crippen LogP contribution in [-0.2, 0) is 49.0 Å². The quantitative estimate of drug-likeness (QED) is 0.0314. The predicted octanol–water partition coefficient (Wildman–Crippen LogP) is 10.9. The van der Waals surface area contributed by atoms with Gasteiger partial charge in [0.15, 0.2) is 16.7 Å². The summed E-state index contributed by atoms with van der Waals surface area (Å²) in [5.74, 6) is -1.19. The highest BCUT2D eigenvalue weighted by Crippen LogP contribution is 2.43. The molecule has 1 unspecified atom stereocenters. The van der Waals surface area contributed by atoms with E-state index in [0.717, 1.165) is 81.6 Å². The fourth-order valence-corrected chi connectivity index (χ4v) is 14.2. The number of benzene rings is 5. The predicted molar refractivity (Wildman–Crippen MR) is 318 cm³/mol. The number of aliphatic imine (C=N–C) groups is 1. The average Bonchev–Trinajstić information content (AvgIpc) is 4.36. The van der Waals surface area contributed by atoms with E-state index in [0.29, 0.717) is 47.9 Å². The first-order valence-electron chi connectivity index (χ1n) is 27.2. The topological polar surface area (TPSA) is 202 Å². The molecule has 5 aromatic rings. The number of amides is 4. The number of imide groups is 1. The first-order chi connectivity index (χ1) is 39.2. The van der Waals surface area contributed by atoms with Crippen molar-refractivity contribution in [3.05, 3.63) is 160 Å². The molecule has 5 aliphatic heterocycles. The highest BCUT2D eigenvalue weighted by atomic mass is 33.1. The molecule has 1 saturated heterocycles. The maximum Gasteiger partial charge on any atom is 0.353 e. The number of carbonyl (C=O) groups is 5. The standard InChI is InChI=1S/C62H65N5O12S3/c1-38-10-12-42(13-11-38)46-29-49-33-63-52-32-55(54(76-6)31-51(52)60(71)66(49)35-46)78-37-41-9-7-8-40(27-41)36-77-53-30-44-16-19-48-28-45(34-65(48)59(70)50(44)26-39(53)2)43-14-17-47(18-15-43)64(5)24-23-62(3,4)81-80-25-22-56(82(73,74)75)61(72)79-67-57(68)20-21-58(67)69/h7-15,17-18,26-27,30-35,48-49,56H,16,19-25,28-29,36-37H2,1-6H3,(H,73,74,75)/t48-,49+,56?/m1/s1. The summed E-state index contributed by atoms with van der Waals surface area (Å²) in [7, 11) is 1.61. The number of fused-ring (bicyclic) bond motifs is 4. The molecular weight excluding hydrogens is 1100 g/mol. The number of carbonyl (C=O) groups excluding carboxylic acids is 5. The molecule has 4 amide bonds. The Hall–Kier alpha value is -7.39. The Kier molecular flexibility index (Phi) is 17.1. The van der Waals surface area contributed by atoms with Crippen LogP contribution in [0.15, 0.2) is 114 Å². The summed E-state index contributed by atoms with van der Waals surface area (Å²) in [5.41, 5.74) is 11.9. The van der Waals surface area contributed by atoms with Gasteiger partial charge in [0.25, 0.3) is 33.7 Å². The second-order valence-corrected chi connectivity index (χ2v) is 26.6. The Morgan fingerprint density at radius 1 is 0.793 bits per heavy atom. The summed E-state index contributed by atoms with van der Waals surface area (Å²) in [6.45, 7) is 9.43. The van der Waals surface area contributed by atoms with Crippen molar-refractivity contribution in [1.82, 2.24) is 14.9 Å². The smallest absolute Gasteiger partial charge is 0.353 e. The SMILES string of the molecule is COc1cc2c(cc1OCc1cccc(COc3cc4c(cc3C)C(=O)N3C=C(c5ccc(N(C)CCC(C)(C)SSCCC(C(=O)ON6C(=O)CCC6=O)S(=O)(=O)O)cc5)C[C@H]3CC4)c1)N=C[C@@H]1CC(c3ccc(C)cc3)=CN1C2=O. The van der Waals surface area contributed by atoms with Crippen LogP contribution < -0.4 is 19.1 Å². The normalized spacial score (nSPS) is 18.0. The summed E-state index contributed by atoms with van der Waals surface area (Å²) >= 11 is 0. The van der Waals surface area contributed by atoms with Gasteiger partial charge < -0.3 is 33.7 Å². The van der Waals surface area contributed by atoms with E-state index >= 15 is 0 Å². The van der Waals surface area contributed by atoms with Crippen molar-refractivity contribution < 1.29 is 56.0 Å². The van der Waals surface area contributed by atoms with Crippen LogP contribution in [0.4, 0.5) is 11.4 Å². The van der Waals surface area contributed by atoms with Gasteiger partial charge in [0, 0.05) is 85.3 Å². The molecule has 10 rings (SSSR count). The fraction of sp³-hybridized carbons (Fsp3) is 0.355. The van der Waals surface area contributed by atoms with Gasteiger partial charge in [-0.2, -0.15) is 8.42 Å². The monoisotopic (exact) mass is 1170 g/mol. The molecule has 5 aliphatic rings. The van der Waals surface area contributed by atoms with Gasteiger partial charge in [0.1, 0.15) is 19.0 Å². The van der Waals surface area contributed by atoms with Gasteiger partial charge in [-0.1, -0.05) is 81.7 Å². The number of rotatable bonds is 21. The number of nitrogens with zero attached hydrogens (tertiary/aromatic N) is 5. The molecule has 0 radical (unpaired) electrons. The van der Waals surface area contributed by atoms with Gasteiger partial charge in [-0.05, 0) is 141 Å². The lowest BCUT2D eigenvalue weighted by atomic mass is 9.96. The van der Waals surface area contributed by atoms with Gasteiger partial charge in [-0.15, -0.1) is 5.06 Å². The molecule has 0 aliphatic carbocycles. The van der Waals surface area contributed by atoms with Gasteiger partial charge in [0.2, 0.25) is 0 Å². The van der Waals surface area contributed by atoms with E-state index < -0.39 is 33.2 Å². The van der Waals surface area contributed by atoms with E-state index in [2.05, 4.69) is 74.2 Å². The Balaban J connectivity index is 0.702. The summed E-state index contributed by atoms with van der Waals surface area (Å²) < 4.78 is 52.0. The molecule has 3 atom stereocenters. The summed E-state index contributed by atoms with van der Waals surface area (Å²) in [4.78, 5) is 79.8. The maximum atomic E-state index is 14.2. The van der Waals surface area contributed by atoms with Crippen molar-refractivity contribution in [2.45, 2.75) is 114 Å². The molecule has 0 aromatic heterocycles. The molecule has 5 heterocycles. The number of hydroxylamine groups is 2. The number of anilines is 1. The third-order valence-electron chi connectivity index (χ3n) is 15.5. The van der Waals surface area contributed by atoms with Crippen LogP contribution in [-0.4, -0.2) is 112 Å². The molecule has 1 fully saturated rings. The van der Waals surface area contributed by atoms with Crippen molar-refractivity contribution in [3.63, 3.8) is 0 Å². The molecule has 0 saturated carbocycles. The Bertz CT molecular complexity index is 3530. The van der Waals surface area contributed by atoms with E-state index in [1.165, 1.54) is 27.2 Å². The van der Waals surface area contributed by atoms with Gasteiger partial charge >= 0.3 is 5.97 Å². The Morgan fingerprint density at radius 2 is 1.44 bits per heavy atom. The third kappa shape index (κ3) is 12.9. The molecule has 0 bridgehead atoms. The summed E-state index contributed by atoms with van der Waals surface area (Å²) in [6.07, 6.45) is 8.93. The zero-order valence-electron chi connectivity index (χ0n) is 46.6. The first-order valence-corrected chi connectivity index (χ1v) is 31.1. The number of aryl methyl sites for hydroxylation is 3.